The Bertz CT molecular complexity index is 1320. The van der Waals surface area contributed by atoms with Crippen molar-refractivity contribution in [2.24, 2.45) is 0 Å². The van der Waals surface area contributed by atoms with Gasteiger partial charge in [0.05, 0.1) is 15.6 Å². The molecule has 0 aliphatic rings. The molecule has 0 saturated carbocycles. The summed E-state index contributed by atoms with van der Waals surface area (Å²) in [5.41, 5.74) is 2.01. The topological polar surface area (TPSA) is 86.8 Å². The molecule has 9 heteroatoms. The third kappa shape index (κ3) is 6.06. The number of likely N-dealkylation sites (N-methyl/N-ethyl adjacent to an activating group) is 1. The van der Waals surface area contributed by atoms with Crippen molar-refractivity contribution < 1.29 is 18.0 Å². The molecule has 3 aromatic carbocycles. The van der Waals surface area contributed by atoms with Crippen molar-refractivity contribution in [3.8, 4) is 0 Å². The van der Waals surface area contributed by atoms with E-state index in [4.69, 9.17) is 11.6 Å². The van der Waals surface area contributed by atoms with Gasteiger partial charge in [-0.15, -0.1) is 0 Å². The molecule has 0 radical (unpaired) electrons. The predicted molar refractivity (Wildman–Crippen MR) is 142 cm³/mol. The number of carbonyl (C=O) groups excluding carboxylic acids is 2. The number of carbonyl (C=O) groups is 2. The Balaban J connectivity index is 2.08. The van der Waals surface area contributed by atoms with E-state index in [1.807, 2.05) is 38.1 Å². The number of para-hydroxylation sites is 1. The Hall–Kier alpha value is -3.36. The van der Waals surface area contributed by atoms with Crippen LogP contribution in [0.3, 0.4) is 0 Å². The number of nitrogens with zero attached hydrogens (tertiary/aromatic N) is 2. The number of nitrogens with one attached hydrogen (secondary N) is 1. The van der Waals surface area contributed by atoms with Crippen LogP contribution in [0, 0.1) is 6.92 Å². The van der Waals surface area contributed by atoms with E-state index in [9.17, 15) is 18.0 Å². The summed E-state index contributed by atoms with van der Waals surface area (Å²) in [5, 5.41) is 2.80. The van der Waals surface area contributed by atoms with Gasteiger partial charge in [-0.3, -0.25) is 13.9 Å². The summed E-state index contributed by atoms with van der Waals surface area (Å²) in [6.45, 7) is 3.36. The van der Waals surface area contributed by atoms with Crippen LogP contribution in [0.5, 0.6) is 0 Å². The third-order valence-electron chi connectivity index (χ3n) is 5.97. The molecule has 3 aromatic rings. The number of halogens is 1. The molecule has 7 nitrogen and oxygen atoms in total. The highest BCUT2D eigenvalue weighted by Crippen LogP contribution is 2.30. The van der Waals surface area contributed by atoms with Crippen LogP contribution in [-0.4, -0.2) is 44.8 Å². The van der Waals surface area contributed by atoms with Crippen molar-refractivity contribution in [2.45, 2.75) is 37.8 Å². The van der Waals surface area contributed by atoms with Gasteiger partial charge < -0.3 is 10.2 Å². The van der Waals surface area contributed by atoms with Gasteiger partial charge in [-0.1, -0.05) is 73.1 Å². The molecule has 0 aliphatic carbocycles. The van der Waals surface area contributed by atoms with E-state index in [-0.39, 0.29) is 28.1 Å². The molecule has 2 amide bonds. The highest BCUT2D eigenvalue weighted by atomic mass is 35.5. The Morgan fingerprint density at radius 3 is 2.17 bits per heavy atom. The van der Waals surface area contributed by atoms with Crippen LogP contribution in [0.4, 0.5) is 5.69 Å². The molecule has 0 spiro atoms. The van der Waals surface area contributed by atoms with Gasteiger partial charge in [0.25, 0.3) is 10.0 Å². The van der Waals surface area contributed by atoms with Crippen molar-refractivity contribution in [3.63, 3.8) is 0 Å². The second kappa shape index (κ2) is 12.1. The minimum absolute atomic E-state index is 0.0292. The summed E-state index contributed by atoms with van der Waals surface area (Å²) in [5.74, 6) is -0.845. The molecule has 3 rings (SSSR count). The molecular formula is C27H30ClN3O4S. The summed E-state index contributed by atoms with van der Waals surface area (Å²) >= 11 is 6.39. The minimum atomic E-state index is -4.14. The summed E-state index contributed by atoms with van der Waals surface area (Å²) in [6.07, 6.45) is 0.356. The Kier molecular flexibility index (Phi) is 9.12. The molecule has 0 aliphatic heterocycles. The number of hydrogen-bond acceptors (Lipinski definition) is 4. The summed E-state index contributed by atoms with van der Waals surface area (Å²) in [6, 6.07) is 21.1. The molecule has 36 heavy (non-hydrogen) atoms. The van der Waals surface area contributed by atoms with E-state index < -0.39 is 28.5 Å². The lowest BCUT2D eigenvalue weighted by molar-refractivity contribution is -0.140. The maximum atomic E-state index is 13.8. The van der Waals surface area contributed by atoms with Crippen LogP contribution in [0.15, 0.2) is 83.8 Å². The number of anilines is 1. The van der Waals surface area contributed by atoms with Crippen LogP contribution < -0.4 is 9.62 Å². The second-order valence-corrected chi connectivity index (χ2v) is 10.5. The van der Waals surface area contributed by atoms with Crippen molar-refractivity contribution in [2.75, 3.05) is 17.9 Å². The maximum Gasteiger partial charge on any atom is 0.264 e. The fraction of sp³-hybridized carbons (Fsp3) is 0.259. The Labute approximate surface area is 217 Å². The second-order valence-electron chi connectivity index (χ2n) is 8.26. The van der Waals surface area contributed by atoms with Crippen molar-refractivity contribution >= 4 is 39.1 Å². The van der Waals surface area contributed by atoms with Gasteiger partial charge in [0, 0.05) is 13.6 Å². The number of sulfonamides is 1. The molecule has 190 valence electrons. The van der Waals surface area contributed by atoms with Gasteiger partial charge in [0.15, 0.2) is 0 Å². The highest BCUT2D eigenvalue weighted by Gasteiger charge is 2.34. The molecule has 1 unspecified atom stereocenters. The molecule has 0 fully saturated rings. The van der Waals surface area contributed by atoms with Gasteiger partial charge in [0.1, 0.15) is 12.6 Å². The summed E-state index contributed by atoms with van der Waals surface area (Å²) < 4.78 is 28.4. The van der Waals surface area contributed by atoms with E-state index in [0.29, 0.717) is 6.42 Å². The van der Waals surface area contributed by atoms with E-state index in [0.717, 1.165) is 15.4 Å². The summed E-state index contributed by atoms with van der Waals surface area (Å²) in [7, 11) is -2.63. The van der Waals surface area contributed by atoms with Crippen LogP contribution in [0.2, 0.25) is 5.02 Å². The first-order chi connectivity index (χ1) is 17.2. The molecule has 0 saturated heterocycles. The number of rotatable bonds is 10. The fourth-order valence-electron chi connectivity index (χ4n) is 3.94. The zero-order valence-electron chi connectivity index (χ0n) is 20.5. The highest BCUT2D eigenvalue weighted by molar-refractivity contribution is 7.92. The molecule has 1 atom stereocenters. The molecule has 0 heterocycles. The first kappa shape index (κ1) is 27.2. The molecule has 1 N–H and O–H groups in total. The smallest absolute Gasteiger partial charge is 0.264 e. The number of hydrogen-bond donors (Lipinski definition) is 1. The van der Waals surface area contributed by atoms with Gasteiger partial charge in [-0.25, -0.2) is 8.42 Å². The van der Waals surface area contributed by atoms with Gasteiger partial charge in [-0.2, -0.15) is 0 Å². The van der Waals surface area contributed by atoms with E-state index in [1.165, 1.54) is 24.1 Å². The van der Waals surface area contributed by atoms with Crippen LogP contribution >= 0.6 is 11.6 Å². The lowest BCUT2D eigenvalue weighted by Crippen LogP contribution is -2.51. The Morgan fingerprint density at radius 1 is 0.944 bits per heavy atom. The predicted octanol–water partition coefficient (Wildman–Crippen LogP) is 4.40. The lowest BCUT2D eigenvalue weighted by atomic mass is 10.1. The minimum Gasteiger partial charge on any atom is -0.357 e. The van der Waals surface area contributed by atoms with Crippen LogP contribution in [0.1, 0.15) is 24.5 Å². The number of benzene rings is 3. The standard InChI is InChI=1S/C27H30ClN3O4S/c1-4-24(27(33)29-3)30(18-21-13-9-8-12-20(21)2)26(32)19-31(25-17-11-10-16-23(25)28)36(34,35)22-14-6-5-7-15-22/h5-17,24H,4,18-19H2,1-3H3,(H,29,33). The number of amides is 2. The third-order valence-corrected chi connectivity index (χ3v) is 8.06. The molecule has 0 aromatic heterocycles. The Morgan fingerprint density at radius 2 is 1.56 bits per heavy atom. The average molecular weight is 528 g/mol. The van der Waals surface area contributed by atoms with Crippen LogP contribution in [0.25, 0.3) is 0 Å². The van der Waals surface area contributed by atoms with Crippen LogP contribution in [-0.2, 0) is 26.2 Å². The first-order valence-electron chi connectivity index (χ1n) is 11.6. The zero-order valence-corrected chi connectivity index (χ0v) is 22.1. The maximum absolute atomic E-state index is 13.8. The first-order valence-corrected chi connectivity index (χ1v) is 13.4. The summed E-state index contributed by atoms with van der Waals surface area (Å²) in [4.78, 5) is 28.0. The monoisotopic (exact) mass is 527 g/mol. The van der Waals surface area contributed by atoms with Gasteiger partial charge >= 0.3 is 0 Å². The van der Waals surface area contributed by atoms with Gasteiger partial charge in [-0.05, 0) is 48.7 Å². The van der Waals surface area contributed by atoms with E-state index >= 15 is 0 Å². The average Bonchev–Trinajstić information content (AvgIpc) is 2.88. The van der Waals surface area contributed by atoms with Gasteiger partial charge in [0.2, 0.25) is 11.8 Å². The van der Waals surface area contributed by atoms with Crippen molar-refractivity contribution in [1.29, 1.82) is 0 Å². The molecular weight excluding hydrogens is 498 g/mol. The van der Waals surface area contributed by atoms with Crippen molar-refractivity contribution in [3.05, 3.63) is 95.0 Å². The molecule has 0 bridgehead atoms. The SMILES string of the molecule is CCC(C(=O)NC)N(Cc1ccccc1C)C(=O)CN(c1ccccc1Cl)S(=O)(=O)c1ccccc1. The van der Waals surface area contributed by atoms with E-state index in [1.54, 1.807) is 42.5 Å². The van der Waals surface area contributed by atoms with E-state index in [2.05, 4.69) is 5.32 Å². The zero-order chi connectivity index (χ0) is 26.3. The largest absolute Gasteiger partial charge is 0.357 e. The normalized spacial score (nSPS) is 12.0. The van der Waals surface area contributed by atoms with Crippen molar-refractivity contribution in [1.82, 2.24) is 10.2 Å². The quantitative estimate of drug-likeness (QED) is 0.423. The number of aryl methyl sites for hydroxylation is 1. The lowest BCUT2D eigenvalue weighted by Gasteiger charge is -2.33. The fourth-order valence-corrected chi connectivity index (χ4v) is 5.69.